The lowest BCUT2D eigenvalue weighted by Gasteiger charge is -2.20. The van der Waals surface area contributed by atoms with Gasteiger partial charge in [-0.1, -0.05) is 341 Å². The third-order valence-corrected chi connectivity index (χ3v) is 15.6. The molecule has 0 fully saturated rings. The predicted octanol–water partition coefficient (Wildman–Crippen LogP) is 20.8. The van der Waals surface area contributed by atoms with Crippen molar-refractivity contribution in [1.82, 2.24) is 5.32 Å². The number of hydrogen-bond acceptors (Lipinski definition) is 5. The Morgan fingerprint density at radius 2 is 0.639 bits per heavy atom. The van der Waals surface area contributed by atoms with Gasteiger partial charge in [0, 0.05) is 12.8 Å². The van der Waals surface area contributed by atoms with Crippen molar-refractivity contribution in [2.75, 3.05) is 13.2 Å². The van der Waals surface area contributed by atoms with Gasteiger partial charge in [-0.15, -0.1) is 0 Å². The van der Waals surface area contributed by atoms with Crippen molar-refractivity contribution in [3.63, 3.8) is 0 Å². The number of carbonyl (C=O) groups excluding carboxylic acids is 2. The number of amides is 1. The Bertz CT molecular complexity index is 1080. The molecule has 0 aromatic carbocycles. The highest BCUT2D eigenvalue weighted by Crippen LogP contribution is 2.19. The second kappa shape index (κ2) is 62.1. The highest BCUT2D eigenvalue weighted by molar-refractivity contribution is 5.76. The molecule has 6 heteroatoms. The number of rotatable bonds is 62. The van der Waals surface area contributed by atoms with Crippen LogP contribution in [0, 0.1) is 0 Å². The summed E-state index contributed by atoms with van der Waals surface area (Å²) in [6.45, 7) is 4.94. The quantitative estimate of drug-likeness (QED) is 0.0320. The van der Waals surface area contributed by atoms with Crippen molar-refractivity contribution >= 4 is 11.9 Å². The topological polar surface area (TPSA) is 95.9 Å². The first kappa shape index (κ1) is 70.6. The summed E-state index contributed by atoms with van der Waals surface area (Å²) in [7, 11) is 0. The first-order valence-electron chi connectivity index (χ1n) is 33.0. The number of carbonyl (C=O) groups is 2. The van der Waals surface area contributed by atoms with Crippen LogP contribution < -0.4 is 5.32 Å². The van der Waals surface area contributed by atoms with Gasteiger partial charge in [0.1, 0.15) is 0 Å². The van der Waals surface area contributed by atoms with Gasteiger partial charge in [-0.25, -0.2) is 0 Å². The summed E-state index contributed by atoms with van der Waals surface area (Å²) in [5.41, 5.74) is 0. The number of aliphatic hydroxyl groups excluding tert-OH is 2. The molecule has 0 bridgehead atoms. The van der Waals surface area contributed by atoms with Crippen molar-refractivity contribution in [3.05, 3.63) is 12.2 Å². The maximum atomic E-state index is 12.5. The Hall–Kier alpha value is -1.40. The molecule has 0 radical (unpaired) electrons. The van der Waals surface area contributed by atoms with E-state index in [0.29, 0.717) is 19.4 Å². The molecule has 0 saturated carbocycles. The number of aliphatic hydroxyl groups is 2. The lowest BCUT2D eigenvalue weighted by atomic mass is 10.0. The fourth-order valence-electron chi connectivity index (χ4n) is 10.5. The van der Waals surface area contributed by atoms with Crippen molar-refractivity contribution in [2.45, 2.75) is 386 Å². The molecule has 0 aliphatic rings. The third-order valence-electron chi connectivity index (χ3n) is 15.6. The smallest absolute Gasteiger partial charge is 0.305 e. The molecule has 0 heterocycles. The van der Waals surface area contributed by atoms with E-state index < -0.39 is 12.1 Å². The first-order valence-corrected chi connectivity index (χ1v) is 33.0. The molecular weight excluding hydrogens is 887 g/mol. The van der Waals surface area contributed by atoms with E-state index in [1.807, 2.05) is 6.08 Å². The van der Waals surface area contributed by atoms with Gasteiger partial charge < -0.3 is 20.3 Å². The van der Waals surface area contributed by atoms with E-state index in [9.17, 15) is 19.8 Å². The van der Waals surface area contributed by atoms with Gasteiger partial charge in [0.15, 0.2) is 0 Å². The number of esters is 1. The van der Waals surface area contributed by atoms with Crippen LogP contribution in [-0.4, -0.2) is 47.4 Å². The minimum absolute atomic E-state index is 0.0153. The van der Waals surface area contributed by atoms with E-state index in [-0.39, 0.29) is 18.5 Å². The van der Waals surface area contributed by atoms with Gasteiger partial charge in [0.2, 0.25) is 5.91 Å². The number of nitrogens with one attached hydrogen (secondary N) is 1. The van der Waals surface area contributed by atoms with Crippen molar-refractivity contribution in [1.29, 1.82) is 0 Å². The summed E-state index contributed by atoms with van der Waals surface area (Å²) in [6, 6.07) is -0.629. The molecule has 0 aliphatic carbocycles. The lowest BCUT2D eigenvalue weighted by Crippen LogP contribution is -2.45. The molecule has 2 atom stereocenters. The van der Waals surface area contributed by atoms with Crippen LogP contribution in [-0.2, 0) is 14.3 Å². The van der Waals surface area contributed by atoms with Gasteiger partial charge in [-0.3, -0.25) is 9.59 Å². The van der Waals surface area contributed by atoms with Crippen molar-refractivity contribution < 1.29 is 24.5 Å². The summed E-state index contributed by atoms with van der Waals surface area (Å²) in [4.78, 5) is 24.6. The molecule has 2 unspecified atom stereocenters. The Kier molecular flexibility index (Phi) is 60.9. The summed E-state index contributed by atoms with van der Waals surface area (Å²) in [5, 5.41) is 23.2. The first-order chi connectivity index (χ1) is 35.5. The van der Waals surface area contributed by atoms with E-state index in [2.05, 4.69) is 19.2 Å². The average Bonchev–Trinajstić information content (AvgIpc) is 3.38. The number of hydrogen-bond donors (Lipinski definition) is 3. The summed E-state index contributed by atoms with van der Waals surface area (Å²) in [5.74, 6) is -0.0512. The van der Waals surface area contributed by atoms with Crippen LogP contribution in [0.5, 0.6) is 0 Å². The summed E-state index contributed by atoms with van der Waals surface area (Å²) < 4.78 is 5.50. The number of unbranched alkanes of at least 4 members (excludes halogenated alkanes) is 51. The van der Waals surface area contributed by atoms with E-state index in [4.69, 9.17) is 4.74 Å². The molecule has 0 saturated heterocycles. The molecule has 428 valence electrons. The predicted molar refractivity (Wildman–Crippen MR) is 315 cm³/mol. The summed E-state index contributed by atoms with van der Waals surface area (Å²) >= 11 is 0. The number of allylic oxidation sites excluding steroid dienone is 1. The normalized spacial score (nSPS) is 12.6. The third kappa shape index (κ3) is 57.9. The fraction of sp³-hybridized carbons (Fsp3) is 0.939. The van der Waals surface area contributed by atoms with Gasteiger partial charge in [-0.2, -0.15) is 0 Å². The Morgan fingerprint density at radius 1 is 0.375 bits per heavy atom. The monoisotopic (exact) mass is 1020 g/mol. The van der Waals surface area contributed by atoms with E-state index >= 15 is 0 Å². The van der Waals surface area contributed by atoms with Gasteiger partial charge in [-0.05, 0) is 32.1 Å². The second-order valence-corrected chi connectivity index (χ2v) is 22.8. The largest absolute Gasteiger partial charge is 0.466 e. The van der Waals surface area contributed by atoms with Gasteiger partial charge >= 0.3 is 5.97 Å². The molecule has 0 spiro atoms. The Labute approximate surface area is 450 Å². The zero-order valence-electron chi connectivity index (χ0n) is 48.9. The standard InChI is InChI=1S/C66H129NO5/c1-3-5-7-9-11-13-15-17-19-21-28-32-36-40-44-48-52-56-60-66(71)72-61-57-53-49-45-41-37-33-29-25-23-22-24-27-31-35-39-43-47-51-55-59-65(70)67-63(62-68)64(69)58-54-50-46-42-38-34-30-26-20-18-16-14-12-10-8-6-4-2/h54,58,63-64,68-69H,3-53,55-57,59-62H2,1-2H3,(H,67,70)/b58-54+. The fourth-order valence-corrected chi connectivity index (χ4v) is 10.5. The molecule has 0 aromatic heterocycles. The van der Waals surface area contributed by atoms with Crippen molar-refractivity contribution in [3.8, 4) is 0 Å². The Balaban J connectivity index is 3.39. The number of ether oxygens (including phenoxy) is 1. The van der Waals surface area contributed by atoms with Crippen LogP contribution in [0.25, 0.3) is 0 Å². The van der Waals surface area contributed by atoms with Crippen LogP contribution in [0.1, 0.15) is 373 Å². The molecule has 6 nitrogen and oxygen atoms in total. The molecular formula is C66H129NO5. The van der Waals surface area contributed by atoms with E-state index in [1.54, 1.807) is 6.08 Å². The van der Waals surface area contributed by atoms with Gasteiger partial charge in [0.25, 0.3) is 0 Å². The van der Waals surface area contributed by atoms with Crippen LogP contribution in [0.2, 0.25) is 0 Å². The van der Waals surface area contributed by atoms with E-state index in [0.717, 1.165) is 38.5 Å². The van der Waals surface area contributed by atoms with Crippen LogP contribution in [0.4, 0.5) is 0 Å². The molecule has 1 amide bonds. The molecule has 0 aliphatic heterocycles. The van der Waals surface area contributed by atoms with Crippen molar-refractivity contribution in [2.24, 2.45) is 0 Å². The average molecular weight is 1020 g/mol. The zero-order chi connectivity index (χ0) is 52.2. The highest BCUT2D eigenvalue weighted by Gasteiger charge is 2.18. The highest BCUT2D eigenvalue weighted by atomic mass is 16.5. The lowest BCUT2D eigenvalue weighted by molar-refractivity contribution is -0.143. The molecule has 0 aromatic rings. The maximum absolute atomic E-state index is 12.5. The molecule has 0 rings (SSSR count). The SMILES string of the molecule is CCCCCCCCCCCCCCCCC/C=C/C(O)C(CO)NC(=O)CCCCCCCCCCCCCCCCCCCCCCOC(=O)CCCCCCCCCCCCCCCCCCCC. The van der Waals surface area contributed by atoms with Crippen LogP contribution in [0.3, 0.4) is 0 Å². The van der Waals surface area contributed by atoms with Gasteiger partial charge in [0.05, 0.1) is 25.4 Å². The minimum atomic E-state index is -0.845. The molecule has 3 N–H and O–H groups in total. The summed E-state index contributed by atoms with van der Waals surface area (Å²) in [6.07, 6.45) is 75.5. The van der Waals surface area contributed by atoms with Crippen LogP contribution >= 0.6 is 0 Å². The zero-order valence-corrected chi connectivity index (χ0v) is 48.9. The molecule has 72 heavy (non-hydrogen) atoms. The van der Waals surface area contributed by atoms with Crippen LogP contribution in [0.15, 0.2) is 12.2 Å². The Morgan fingerprint density at radius 3 is 0.944 bits per heavy atom. The second-order valence-electron chi connectivity index (χ2n) is 22.8. The maximum Gasteiger partial charge on any atom is 0.305 e. The van der Waals surface area contributed by atoms with E-state index in [1.165, 1.54) is 308 Å². The minimum Gasteiger partial charge on any atom is -0.466 e.